The molecule has 1 heterocycles. The van der Waals surface area contributed by atoms with Crippen LogP contribution >= 0.6 is 0 Å². The molecule has 0 unspecified atom stereocenters. The van der Waals surface area contributed by atoms with Crippen molar-refractivity contribution in [1.29, 1.82) is 0 Å². The van der Waals surface area contributed by atoms with Gasteiger partial charge in [0.25, 0.3) is 0 Å². The van der Waals surface area contributed by atoms with Crippen molar-refractivity contribution in [2.75, 3.05) is 38.0 Å². The van der Waals surface area contributed by atoms with Crippen molar-refractivity contribution in [1.82, 2.24) is 9.80 Å². The van der Waals surface area contributed by atoms with Crippen LogP contribution in [0.5, 0.6) is 0 Å². The van der Waals surface area contributed by atoms with Gasteiger partial charge in [-0.25, -0.2) is 0 Å². The zero-order chi connectivity index (χ0) is 15.4. The predicted octanol–water partition coefficient (Wildman–Crippen LogP) is 1.41. The van der Waals surface area contributed by atoms with Gasteiger partial charge in [0.15, 0.2) is 0 Å². The number of carbonyl (C=O) groups is 2. The molecule has 5 nitrogen and oxygen atoms in total. The molecule has 1 saturated heterocycles. The Balaban J connectivity index is 1.86. The lowest BCUT2D eigenvalue weighted by Gasteiger charge is -2.33. The lowest BCUT2D eigenvalue weighted by atomic mass is 10.1. The molecule has 0 aromatic heterocycles. The van der Waals surface area contributed by atoms with E-state index in [0.29, 0.717) is 19.6 Å². The minimum atomic E-state index is -0.0000231. The van der Waals surface area contributed by atoms with E-state index in [9.17, 15) is 9.59 Å². The van der Waals surface area contributed by atoms with E-state index in [1.807, 2.05) is 36.9 Å². The number of hydrogen-bond donors (Lipinski definition) is 1. The number of nitrogens with zero attached hydrogens (tertiary/aromatic N) is 2. The lowest BCUT2D eigenvalue weighted by Crippen LogP contribution is -2.49. The minimum absolute atomic E-state index is 0.0000231. The molecule has 1 aliphatic heterocycles. The van der Waals surface area contributed by atoms with E-state index in [2.05, 4.69) is 10.2 Å². The Morgan fingerprint density at radius 2 is 1.81 bits per heavy atom. The van der Waals surface area contributed by atoms with Crippen molar-refractivity contribution < 1.29 is 9.59 Å². The molecule has 0 aliphatic carbocycles. The number of hydrogen-bond acceptors (Lipinski definition) is 3. The molecule has 0 radical (unpaired) electrons. The maximum atomic E-state index is 12.1. The number of anilines is 1. The summed E-state index contributed by atoms with van der Waals surface area (Å²) >= 11 is 0. The summed E-state index contributed by atoms with van der Waals surface area (Å²) in [5.74, 6) is 0.106. The van der Waals surface area contributed by atoms with Gasteiger partial charge in [-0.05, 0) is 31.0 Å². The molecule has 0 bridgehead atoms. The van der Waals surface area contributed by atoms with Crippen molar-refractivity contribution in [2.24, 2.45) is 0 Å². The van der Waals surface area contributed by atoms with Crippen molar-refractivity contribution >= 4 is 17.5 Å². The van der Waals surface area contributed by atoms with Crippen LogP contribution in [0.2, 0.25) is 0 Å². The summed E-state index contributed by atoms with van der Waals surface area (Å²) in [6, 6.07) is 5.91. The molecule has 1 aliphatic rings. The Labute approximate surface area is 125 Å². The molecule has 2 rings (SSSR count). The van der Waals surface area contributed by atoms with Crippen LogP contribution in [0.15, 0.2) is 18.2 Å². The van der Waals surface area contributed by atoms with E-state index in [1.54, 1.807) is 6.92 Å². The Morgan fingerprint density at radius 1 is 1.14 bits per heavy atom. The third kappa shape index (κ3) is 4.04. The van der Waals surface area contributed by atoms with E-state index in [-0.39, 0.29) is 11.8 Å². The Morgan fingerprint density at radius 3 is 2.43 bits per heavy atom. The molecule has 0 atom stereocenters. The van der Waals surface area contributed by atoms with Gasteiger partial charge in [0.2, 0.25) is 11.8 Å². The SMILES string of the molecule is CC(=O)N1CCN(CC(=O)Nc2cccc(C)c2C)CC1. The number of piperazine rings is 1. The average Bonchev–Trinajstić information content (AvgIpc) is 2.44. The molecule has 1 aromatic carbocycles. The minimum Gasteiger partial charge on any atom is -0.340 e. The largest absolute Gasteiger partial charge is 0.340 e. The molecule has 2 amide bonds. The van der Waals surface area contributed by atoms with Crippen LogP contribution < -0.4 is 5.32 Å². The van der Waals surface area contributed by atoms with E-state index in [0.717, 1.165) is 24.3 Å². The smallest absolute Gasteiger partial charge is 0.238 e. The number of amides is 2. The van der Waals surface area contributed by atoms with Gasteiger partial charge in [-0.1, -0.05) is 12.1 Å². The quantitative estimate of drug-likeness (QED) is 0.915. The zero-order valence-electron chi connectivity index (χ0n) is 13.0. The molecular weight excluding hydrogens is 266 g/mol. The van der Waals surface area contributed by atoms with Crippen molar-refractivity contribution in [3.63, 3.8) is 0 Å². The summed E-state index contributed by atoms with van der Waals surface area (Å²) in [6.45, 7) is 8.91. The Bertz CT molecular complexity index is 534. The highest BCUT2D eigenvalue weighted by atomic mass is 16.2. The fourth-order valence-electron chi connectivity index (χ4n) is 2.50. The van der Waals surface area contributed by atoms with Gasteiger partial charge in [0.05, 0.1) is 6.54 Å². The summed E-state index contributed by atoms with van der Waals surface area (Å²) in [6.07, 6.45) is 0. The van der Waals surface area contributed by atoms with E-state index >= 15 is 0 Å². The lowest BCUT2D eigenvalue weighted by molar-refractivity contribution is -0.130. The molecule has 1 N–H and O–H groups in total. The fourth-order valence-corrected chi connectivity index (χ4v) is 2.50. The fraction of sp³-hybridized carbons (Fsp3) is 0.500. The summed E-state index contributed by atoms with van der Waals surface area (Å²) in [7, 11) is 0. The second kappa shape index (κ2) is 6.72. The first-order chi connectivity index (χ1) is 9.97. The Kier molecular flexibility index (Phi) is 4.96. The third-order valence-electron chi connectivity index (χ3n) is 4.06. The van der Waals surface area contributed by atoms with Gasteiger partial charge in [0.1, 0.15) is 0 Å². The van der Waals surface area contributed by atoms with Crippen molar-refractivity contribution in [2.45, 2.75) is 20.8 Å². The van der Waals surface area contributed by atoms with Crippen LogP contribution in [0.1, 0.15) is 18.1 Å². The number of nitrogens with one attached hydrogen (secondary N) is 1. The first-order valence-corrected chi connectivity index (χ1v) is 7.31. The Hall–Kier alpha value is -1.88. The molecule has 0 saturated carbocycles. The van der Waals surface area contributed by atoms with Crippen LogP contribution in [0, 0.1) is 13.8 Å². The molecule has 114 valence electrons. The summed E-state index contributed by atoms with van der Waals surface area (Å²) in [5.41, 5.74) is 3.15. The summed E-state index contributed by atoms with van der Waals surface area (Å²) < 4.78 is 0. The van der Waals surface area contributed by atoms with Crippen LogP contribution in [-0.2, 0) is 9.59 Å². The zero-order valence-corrected chi connectivity index (χ0v) is 13.0. The number of aryl methyl sites for hydroxylation is 1. The maximum Gasteiger partial charge on any atom is 0.238 e. The van der Waals surface area contributed by atoms with Crippen molar-refractivity contribution in [3.05, 3.63) is 29.3 Å². The summed E-state index contributed by atoms with van der Waals surface area (Å²) in [5, 5.41) is 2.97. The van der Waals surface area contributed by atoms with Gasteiger partial charge >= 0.3 is 0 Å². The monoisotopic (exact) mass is 289 g/mol. The third-order valence-corrected chi connectivity index (χ3v) is 4.06. The predicted molar refractivity (Wildman–Crippen MR) is 83.2 cm³/mol. The van der Waals surface area contributed by atoms with Gasteiger partial charge < -0.3 is 10.2 Å². The highest BCUT2D eigenvalue weighted by molar-refractivity contribution is 5.93. The number of carbonyl (C=O) groups excluding carboxylic acids is 2. The van der Waals surface area contributed by atoms with Gasteiger partial charge in [-0.3, -0.25) is 14.5 Å². The van der Waals surface area contributed by atoms with Crippen molar-refractivity contribution in [3.8, 4) is 0 Å². The van der Waals surface area contributed by atoms with Gasteiger partial charge in [-0.15, -0.1) is 0 Å². The van der Waals surface area contributed by atoms with Crippen LogP contribution in [0.4, 0.5) is 5.69 Å². The molecule has 0 spiro atoms. The first kappa shape index (κ1) is 15.5. The van der Waals surface area contributed by atoms with E-state index in [1.165, 1.54) is 5.56 Å². The number of benzene rings is 1. The normalized spacial score (nSPS) is 15.9. The standard InChI is InChI=1S/C16H23N3O2/c1-12-5-4-6-15(13(12)2)17-16(21)11-18-7-9-19(10-8-18)14(3)20/h4-6H,7-11H2,1-3H3,(H,17,21). The molecule has 5 heteroatoms. The highest BCUT2D eigenvalue weighted by Crippen LogP contribution is 2.17. The molecule has 1 aromatic rings. The maximum absolute atomic E-state index is 12.1. The first-order valence-electron chi connectivity index (χ1n) is 7.31. The topological polar surface area (TPSA) is 52.7 Å². The molecular formula is C16H23N3O2. The second-order valence-electron chi connectivity index (χ2n) is 5.58. The molecule has 21 heavy (non-hydrogen) atoms. The molecule has 1 fully saturated rings. The van der Waals surface area contributed by atoms with E-state index in [4.69, 9.17) is 0 Å². The second-order valence-corrected chi connectivity index (χ2v) is 5.58. The van der Waals surface area contributed by atoms with E-state index < -0.39 is 0 Å². The summed E-state index contributed by atoms with van der Waals surface area (Å²) in [4.78, 5) is 27.3. The van der Waals surface area contributed by atoms with Crippen LogP contribution in [0.25, 0.3) is 0 Å². The number of rotatable bonds is 3. The van der Waals surface area contributed by atoms with Gasteiger partial charge in [0, 0.05) is 38.8 Å². The highest BCUT2D eigenvalue weighted by Gasteiger charge is 2.20. The van der Waals surface area contributed by atoms with Gasteiger partial charge in [-0.2, -0.15) is 0 Å². The average molecular weight is 289 g/mol. The van der Waals surface area contributed by atoms with Crippen LogP contribution in [-0.4, -0.2) is 54.3 Å². The van der Waals surface area contributed by atoms with Crippen LogP contribution in [0.3, 0.4) is 0 Å².